The van der Waals surface area contributed by atoms with Crippen molar-refractivity contribution in [2.24, 2.45) is 11.8 Å². The summed E-state index contributed by atoms with van der Waals surface area (Å²) in [5.74, 6) is 1.64. The molecule has 1 fully saturated rings. The minimum absolute atomic E-state index is 0.429. The van der Waals surface area contributed by atoms with Gasteiger partial charge in [0.15, 0.2) is 0 Å². The normalized spacial score (nSPS) is 27.8. The van der Waals surface area contributed by atoms with Crippen molar-refractivity contribution in [3.8, 4) is 0 Å². The zero-order valence-corrected chi connectivity index (χ0v) is 13.3. The maximum Gasteiger partial charge on any atom is 0.0828 e. The van der Waals surface area contributed by atoms with Crippen LogP contribution in [0.15, 0.2) is 0 Å². The summed E-state index contributed by atoms with van der Waals surface area (Å²) < 4.78 is 2.13. The first-order valence-corrected chi connectivity index (χ1v) is 7.72. The van der Waals surface area contributed by atoms with Crippen LogP contribution in [0.5, 0.6) is 0 Å². The molecule has 3 unspecified atom stereocenters. The number of anilines is 1. The molecule has 108 valence electrons. The lowest BCUT2D eigenvalue weighted by molar-refractivity contribution is 0.276. The summed E-state index contributed by atoms with van der Waals surface area (Å²) in [6.45, 7) is 13.4. The molecule has 0 aromatic carbocycles. The van der Waals surface area contributed by atoms with Crippen LogP contribution in [-0.2, 0) is 0 Å². The first kappa shape index (κ1) is 14.4. The van der Waals surface area contributed by atoms with Crippen molar-refractivity contribution in [1.29, 1.82) is 0 Å². The predicted octanol–water partition coefficient (Wildman–Crippen LogP) is 4.32. The van der Waals surface area contributed by atoms with E-state index in [0.717, 1.165) is 17.5 Å². The molecule has 1 saturated carbocycles. The van der Waals surface area contributed by atoms with Gasteiger partial charge in [0, 0.05) is 12.1 Å². The van der Waals surface area contributed by atoms with E-state index in [2.05, 4.69) is 56.6 Å². The molecular formula is C16H29N3. The van der Waals surface area contributed by atoms with Gasteiger partial charge in [0.05, 0.1) is 17.1 Å². The molecule has 0 bridgehead atoms. The molecule has 3 heteroatoms. The number of aryl methyl sites for hydroxylation is 1. The van der Waals surface area contributed by atoms with Crippen molar-refractivity contribution in [2.75, 3.05) is 5.32 Å². The lowest BCUT2D eigenvalue weighted by Crippen LogP contribution is -2.33. The SMILES string of the molecule is Cc1nn(C(C)C)c(C)c1NC1CCC(C)CC1C. The van der Waals surface area contributed by atoms with Crippen molar-refractivity contribution in [2.45, 2.75) is 72.9 Å². The molecule has 2 rings (SSSR count). The summed E-state index contributed by atoms with van der Waals surface area (Å²) in [4.78, 5) is 0. The highest BCUT2D eigenvalue weighted by molar-refractivity contribution is 5.53. The number of aromatic nitrogens is 2. The van der Waals surface area contributed by atoms with Gasteiger partial charge in [0.25, 0.3) is 0 Å². The third-order valence-corrected chi connectivity index (χ3v) is 4.58. The molecule has 19 heavy (non-hydrogen) atoms. The van der Waals surface area contributed by atoms with Crippen molar-refractivity contribution in [3.63, 3.8) is 0 Å². The topological polar surface area (TPSA) is 29.9 Å². The summed E-state index contributed by atoms with van der Waals surface area (Å²) >= 11 is 0. The van der Waals surface area contributed by atoms with E-state index in [-0.39, 0.29) is 0 Å². The summed E-state index contributed by atoms with van der Waals surface area (Å²) in [7, 11) is 0. The van der Waals surface area contributed by atoms with Gasteiger partial charge in [-0.3, -0.25) is 4.68 Å². The van der Waals surface area contributed by atoms with E-state index in [9.17, 15) is 0 Å². The first-order valence-electron chi connectivity index (χ1n) is 7.72. The molecule has 0 saturated heterocycles. The highest BCUT2D eigenvalue weighted by Gasteiger charge is 2.26. The highest BCUT2D eigenvalue weighted by atomic mass is 15.3. The Kier molecular flexibility index (Phi) is 4.22. The predicted molar refractivity (Wildman–Crippen MR) is 81.7 cm³/mol. The summed E-state index contributed by atoms with van der Waals surface area (Å²) in [5, 5.41) is 8.45. The monoisotopic (exact) mass is 263 g/mol. The Morgan fingerprint density at radius 1 is 1.21 bits per heavy atom. The molecule has 1 aliphatic rings. The van der Waals surface area contributed by atoms with Gasteiger partial charge in [-0.25, -0.2) is 0 Å². The van der Waals surface area contributed by atoms with Crippen LogP contribution in [-0.4, -0.2) is 15.8 Å². The highest BCUT2D eigenvalue weighted by Crippen LogP contribution is 2.32. The second-order valence-corrected chi connectivity index (χ2v) is 6.73. The van der Waals surface area contributed by atoms with Crippen LogP contribution < -0.4 is 5.32 Å². The zero-order chi connectivity index (χ0) is 14.2. The third-order valence-electron chi connectivity index (χ3n) is 4.58. The van der Waals surface area contributed by atoms with E-state index >= 15 is 0 Å². The summed E-state index contributed by atoms with van der Waals surface area (Å²) in [6.07, 6.45) is 3.97. The maximum absolute atomic E-state index is 4.67. The fraction of sp³-hybridized carbons (Fsp3) is 0.812. The minimum atomic E-state index is 0.429. The van der Waals surface area contributed by atoms with Crippen LogP contribution in [0.1, 0.15) is 64.4 Å². The van der Waals surface area contributed by atoms with Gasteiger partial charge in [-0.1, -0.05) is 13.8 Å². The smallest absolute Gasteiger partial charge is 0.0828 e. The Bertz CT molecular complexity index is 433. The van der Waals surface area contributed by atoms with Crippen molar-refractivity contribution < 1.29 is 0 Å². The Hall–Kier alpha value is -0.990. The van der Waals surface area contributed by atoms with Crippen molar-refractivity contribution in [3.05, 3.63) is 11.4 Å². The van der Waals surface area contributed by atoms with Crippen molar-refractivity contribution in [1.82, 2.24) is 9.78 Å². The van der Waals surface area contributed by atoms with Gasteiger partial charge >= 0.3 is 0 Å². The van der Waals surface area contributed by atoms with E-state index in [1.807, 2.05) is 0 Å². The molecule has 3 atom stereocenters. The van der Waals surface area contributed by atoms with Gasteiger partial charge in [-0.2, -0.15) is 5.10 Å². The summed E-state index contributed by atoms with van der Waals surface area (Å²) in [6, 6.07) is 1.04. The number of nitrogens with zero attached hydrogens (tertiary/aromatic N) is 2. The van der Waals surface area contributed by atoms with Gasteiger partial charge in [-0.05, 0) is 58.8 Å². The van der Waals surface area contributed by atoms with Gasteiger partial charge in [0.2, 0.25) is 0 Å². The minimum Gasteiger partial charge on any atom is -0.379 e. The Morgan fingerprint density at radius 3 is 2.42 bits per heavy atom. The third kappa shape index (κ3) is 2.96. The second-order valence-electron chi connectivity index (χ2n) is 6.73. The number of nitrogens with one attached hydrogen (secondary N) is 1. The van der Waals surface area contributed by atoms with Gasteiger partial charge < -0.3 is 5.32 Å². The average molecular weight is 263 g/mol. The van der Waals surface area contributed by atoms with Crippen LogP contribution in [0, 0.1) is 25.7 Å². The molecule has 0 radical (unpaired) electrons. The quantitative estimate of drug-likeness (QED) is 0.880. The van der Waals surface area contributed by atoms with Crippen molar-refractivity contribution >= 4 is 5.69 Å². The lowest BCUT2D eigenvalue weighted by Gasteiger charge is -2.34. The lowest BCUT2D eigenvalue weighted by atomic mass is 9.80. The average Bonchev–Trinajstić information content (AvgIpc) is 2.60. The summed E-state index contributed by atoms with van der Waals surface area (Å²) in [5.41, 5.74) is 3.68. The van der Waals surface area contributed by atoms with Crippen LogP contribution in [0.2, 0.25) is 0 Å². The Morgan fingerprint density at radius 2 is 1.89 bits per heavy atom. The standard InChI is InChI=1S/C16H29N3/c1-10(2)19-14(6)16(13(5)18-19)17-15-8-7-11(3)9-12(15)4/h10-12,15,17H,7-9H2,1-6H3. The van der Waals surface area contributed by atoms with Crippen LogP contribution in [0.4, 0.5) is 5.69 Å². The van der Waals surface area contributed by atoms with Crippen LogP contribution >= 0.6 is 0 Å². The molecular weight excluding hydrogens is 234 g/mol. The molecule has 0 aliphatic heterocycles. The Balaban J connectivity index is 2.15. The molecule has 1 aromatic heterocycles. The fourth-order valence-electron chi connectivity index (χ4n) is 3.44. The molecule has 1 aromatic rings. The molecule has 0 spiro atoms. The van der Waals surface area contributed by atoms with E-state index in [0.29, 0.717) is 12.1 Å². The number of hydrogen-bond donors (Lipinski definition) is 1. The molecule has 1 heterocycles. The maximum atomic E-state index is 4.67. The molecule has 1 aliphatic carbocycles. The fourth-order valence-corrected chi connectivity index (χ4v) is 3.44. The van der Waals surface area contributed by atoms with Gasteiger partial charge in [-0.15, -0.1) is 0 Å². The van der Waals surface area contributed by atoms with Crippen LogP contribution in [0.25, 0.3) is 0 Å². The zero-order valence-electron chi connectivity index (χ0n) is 13.3. The van der Waals surface area contributed by atoms with Gasteiger partial charge in [0.1, 0.15) is 0 Å². The molecule has 3 nitrogen and oxygen atoms in total. The first-order chi connectivity index (χ1) is 8.90. The largest absolute Gasteiger partial charge is 0.379 e. The van der Waals surface area contributed by atoms with E-state index in [1.165, 1.54) is 30.6 Å². The van der Waals surface area contributed by atoms with E-state index in [1.54, 1.807) is 0 Å². The molecule has 1 N–H and O–H groups in total. The number of hydrogen-bond acceptors (Lipinski definition) is 2. The molecule has 0 amide bonds. The number of rotatable bonds is 3. The second kappa shape index (κ2) is 5.56. The van der Waals surface area contributed by atoms with E-state index < -0.39 is 0 Å². The Labute approximate surface area is 117 Å². The van der Waals surface area contributed by atoms with E-state index in [4.69, 9.17) is 0 Å². The van der Waals surface area contributed by atoms with Crippen LogP contribution in [0.3, 0.4) is 0 Å².